The largest absolute Gasteiger partial charge is 0.308 e. The van der Waals surface area contributed by atoms with Crippen molar-refractivity contribution in [3.05, 3.63) is 64.7 Å². The van der Waals surface area contributed by atoms with E-state index in [2.05, 4.69) is 12.1 Å². The molecule has 0 bridgehead atoms. The van der Waals surface area contributed by atoms with Crippen LogP contribution in [0.2, 0.25) is 0 Å². The van der Waals surface area contributed by atoms with Crippen molar-refractivity contribution in [3.63, 3.8) is 0 Å². The van der Waals surface area contributed by atoms with Crippen LogP contribution in [0.25, 0.3) is 0 Å². The molecule has 3 rings (SSSR count). The second-order valence-electron chi connectivity index (χ2n) is 5.21. The number of aryl methyl sites for hydroxylation is 2. The molecule has 2 aromatic carbocycles. The summed E-state index contributed by atoms with van der Waals surface area (Å²) in [7, 11) is 0. The lowest BCUT2D eigenvalue weighted by molar-refractivity contribution is 0.0989. The highest BCUT2D eigenvalue weighted by Gasteiger charge is 2.25. The molecule has 0 fully saturated rings. The molecule has 1 heterocycles. The highest BCUT2D eigenvalue weighted by atomic mass is 16.2. The maximum atomic E-state index is 12.6. The number of hydrogen-bond donors (Lipinski definition) is 0. The van der Waals surface area contributed by atoms with Crippen LogP contribution in [-0.2, 0) is 6.42 Å². The number of fused-ring (bicyclic) bond motifs is 1. The number of nitrogens with zero attached hydrogens (tertiary/aromatic N) is 1. The molecule has 96 valence electrons. The average Bonchev–Trinajstić information content (AvgIpc) is 2.80. The normalized spacial score (nSPS) is 13.5. The Morgan fingerprint density at radius 3 is 2.47 bits per heavy atom. The molecule has 2 heteroatoms. The lowest BCUT2D eigenvalue weighted by atomic mass is 10.1. The predicted octanol–water partition coefficient (Wildman–Crippen LogP) is 3.51. The van der Waals surface area contributed by atoms with Crippen LogP contribution in [0.1, 0.15) is 27.0 Å². The summed E-state index contributed by atoms with van der Waals surface area (Å²) in [5, 5.41) is 0. The minimum Gasteiger partial charge on any atom is -0.308 e. The molecule has 2 nitrogen and oxygen atoms in total. The van der Waals surface area contributed by atoms with E-state index in [1.54, 1.807) is 0 Å². The fourth-order valence-electron chi connectivity index (χ4n) is 2.80. The molecule has 0 unspecified atom stereocenters. The number of para-hydroxylation sites is 1. The highest BCUT2D eigenvalue weighted by Crippen LogP contribution is 2.29. The summed E-state index contributed by atoms with van der Waals surface area (Å²) in [6.07, 6.45) is 0.951. The Labute approximate surface area is 113 Å². The fraction of sp³-hybridized carbons (Fsp3) is 0.235. The molecule has 0 saturated heterocycles. The summed E-state index contributed by atoms with van der Waals surface area (Å²) in [4.78, 5) is 14.5. The fourth-order valence-corrected chi connectivity index (χ4v) is 2.80. The van der Waals surface area contributed by atoms with Crippen LogP contribution in [0.3, 0.4) is 0 Å². The molecule has 2 aromatic rings. The van der Waals surface area contributed by atoms with Gasteiger partial charge in [-0.2, -0.15) is 0 Å². The van der Waals surface area contributed by atoms with E-state index < -0.39 is 0 Å². The van der Waals surface area contributed by atoms with Gasteiger partial charge in [0.2, 0.25) is 0 Å². The molecular formula is C17H17NO. The van der Waals surface area contributed by atoms with Gasteiger partial charge < -0.3 is 4.90 Å². The van der Waals surface area contributed by atoms with Crippen molar-refractivity contribution in [2.45, 2.75) is 20.3 Å². The second-order valence-corrected chi connectivity index (χ2v) is 5.21. The number of carbonyl (C=O) groups excluding carboxylic acids is 1. The summed E-state index contributed by atoms with van der Waals surface area (Å²) < 4.78 is 0. The third-order valence-electron chi connectivity index (χ3n) is 3.60. The third-order valence-corrected chi connectivity index (χ3v) is 3.60. The van der Waals surface area contributed by atoms with Gasteiger partial charge in [-0.15, -0.1) is 0 Å². The Morgan fingerprint density at radius 2 is 1.74 bits per heavy atom. The van der Waals surface area contributed by atoms with Gasteiger partial charge in [0.25, 0.3) is 5.91 Å². The smallest absolute Gasteiger partial charge is 0.258 e. The summed E-state index contributed by atoms with van der Waals surface area (Å²) in [6, 6.07) is 14.2. The van der Waals surface area contributed by atoms with Crippen LogP contribution in [0.4, 0.5) is 5.69 Å². The zero-order valence-electron chi connectivity index (χ0n) is 11.3. The van der Waals surface area contributed by atoms with Gasteiger partial charge in [-0.3, -0.25) is 4.79 Å². The first-order chi connectivity index (χ1) is 9.15. The average molecular weight is 251 g/mol. The maximum absolute atomic E-state index is 12.6. The van der Waals surface area contributed by atoms with Crippen LogP contribution in [0.15, 0.2) is 42.5 Å². The lowest BCUT2D eigenvalue weighted by Crippen LogP contribution is -2.28. The van der Waals surface area contributed by atoms with Gasteiger partial charge in [-0.1, -0.05) is 35.4 Å². The Hall–Kier alpha value is -2.09. The van der Waals surface area contributed by atoms with E-state index in [4.69, 9.17) is 0 Å². The van der Waals surface area contributed by atoms with Crippen molar-refractivity contribution in [3.8, 4) is 0 Å². The number of benzene rings is 2. The number of amides is 1. The number of hydrogen-bond acceptors (Lipinski definition) is 1. The standard InChI is InChI=1S/C17H17NO/c1-12-9-13(2)11-15(10-12)17(19)18-8-7-14-5-3-4-6-16(14)18/h3-6,9-11H,7-8H2,1-2H3. The molecule has 0 radical (unpaired) electrons. The van der Waals surface area contributed by atoms with Gasteiger partial charge in [0.05, 0.1) is 0 Å². The Morgan fingerprint density at radius 1 is 1.05 bits per heavy atom. The molecule has 0 aromatic heterocycles. The zero-order valence-corrected chi connectivity index (χ0v) is 11.3. The highest BCUT2D eigenvalue weighted by molar-refractivity contribution is 6.07. The van der Waals surface area contributed by atoms with E-state index >= 15 is 0 Å². The monoisotopic (exact) mass is 251 g/mol. The van der Waals surface area contributed by atoms with Crippen LogP contribution in [-0.4, -0.2) is 12.5 Å². The van der Waals surface area contributed by atoms with E-state index in [-0.39, 0.29) is 5.91 Å². The molecule has 19 heavy (non-hydrogen) atoms. The topological polar surface area (TPSA) is 20.3 Å². The van der Waals surface area contributed by atoms with Crippen molar-refractivity contribution < 1.29 is 4.79 Å². The van der Waals surface area contributed by atoms with Crippen molar-refractivity contribution in [2.75, 3.05) is 11.4 Å². The first-order valence-corrected chi connectivity index (χ1v) is 6.63. The van der Waals surface area contributed by atoms with Crippen LogP contribution in [0, 0.1) is 13.8 Å². The minimum absolute atomic E-state index is 0.108. The number of rotatable bonds is 1. The third kappa shape index (κ3) is 2.14. The van der Waals surface area contributed by atoms with Gasteiger partial charge in [0.1, 0.15) is 0 Å². The van der Waals surface area contributed by atoms with E-state index in [0.29, 0.717) is 0 Å². The molecule has 1 aliphatic heterocycles. The predicted molar refractivity (Wildman–Crippen MR) is 77.7 cm³/mol. The molecule has 0 aliphatic carbocycles. The summed E-state index contributed by atoms with van der Waals surface area (Å²) in [6.45, 7) is 4.84. The summed E-state index contributed by atoms with van der Waals surface area (Å²) in [5.74, 6) is 0.108. The van der Waals surface area contributed by atoms with E-state index in [1.165, 1.54) is 5.56 Å². The number of anilines is 1. The Kier molecular flexibility index (Phi) is 2.86. The zero-order chi connectivity index (χ0) is 13.4. The lowest BCUT2D eigenvalue weighted by Gasteiger charge is -2.18. The van der Waals surface area contributed by atoms with Crippen molar-refractivity contribution >= 4 is 11.6 Å². The molecule has 0 saturated carbocycles. The quantitative estimate of drug-likeness (QED) is 0.759. The minimum atomic E-state index is 0.108. The molecule has 1 amide bonds. The molecular weight excluding hydrogens is 234 g/mol. The van der Waals surface area contributed by atoms with E-state index in [1.807, 2.05) is 49.1 Å². The molecule has 0 spiro atoms. The first-order valence-electron chi connectivity index (χ1n) is 6.63. The van der Waals surface area contributed by atoms with Crippen molar-refractivity contribution in [1.29, 1.82) is 0 Å². The first kappa shape index (κ1) is 12.0. The SMILES string of the molecule is Cc1cc(C)cc(C(=O)N2CCc3ccccc32)c1. The van der Waals surface area contributed by atoms with Gasteiger partial charge in [0.15, 0.2) is 0 Å². The Bertz CT molecular complexity index is 625. The van der Waals surface area contributed by atoms with Gasteiger partial charge in [-0.05, 0) is 44.0 Å². The van der Waals surface area contributed by atoms with Gasteiger partial charge >= 0.3 is 0 Å². The summed E-state index contributed by atoms with van der Waals surface area (Å²) in [5.41, 5.74) is 5.38. The Balaban J connectivity index is 1.98. The van der Waals surface area contributed by atoms with Crippen LogP contribution >= 0.6 is 0 Å². The number of carbonyl (C=O) groups is 1. The van der Waals surface area contributed by atoms with Crippen molar-refractivity contribution in [2.24, 2.45) is 0 Å². The van der Waals surface area contributed by atoms with E-state index in [0.717, 1.165) is 35.3 Å². The van der Waals surface area contributed by atoms with Gasteiger partial charge in [0, 0.05) is 17.8 Å². The molecule has 0 atom stereocenters. The van der Waals surface area contributed by atoms with Gasteiger partial charge in [-0.25, -0.2) is 0 Å². The van der Waals surface area contributed by atoms with Crippen LogP contribution < -0.4 is 4.90 Å². The van der Waals surface area contributed by atoms with E-state index in [9.17, 15) is 4.79 Å². The van der Waals surface area contributed by atoms with Crippen LogP contribution in [0.5, 0.6) is 0 Å². The molecule has 0 N–H and O–H groups in total. The second kappa shape index (κ2) is 4.54. The maximum Gasteiger partial charge on any atom is 0.258 e. The van der Waals surface area contributed by atoms with Crippen molar-refractivity contribution in [1.82, 2.24) is 0 Å². The molecule has 1 aliphatic rings. The summed E-state index contributed by atoms with van der Waals surface area (Å²) >= 11 is 0.